The van der Waals surface area contributed by atoms with Crippen molar-refractivity contribution in [3.05, 3.63) is 0 Å². The standard InChI is InChI=1S/C12H20O3/c1-12(2,3)10(13)8-4-6-9(7-5-8)11(14)15/h8-9H,4-7H2,1-3H3,(H,14,15). The molecule has 1 aliphatic rings. The number of Topliss-reactive ketones (excluding diaryl/α,β-unsaturated/α-hetero) is 1. The summed E-state index contributed by atoms with van der Waals surface area (Å²) in [7, 11) is 0. The summed E-state index contributed by atoms with van der Waals surface area (Å²) in [6.45, 7) is 5.79. The first kappa shape index (κ1) is 12.2. The lowest BCUT2D eigenvalue weighted by Gasteiger charge is -2.29. The molecule has 0 aromatic carbocycles. The Morgan fingerprint density at radius 1 is 1.00 bits per heavy atom. The van der Waals surface area contributed by atoms with Gasteiger partial charge in [-0.25, -0.2) is 0 Å². The second-order valence-corrected chi connectivity index (χ2v) is 5.50. The van der Waals surface area contributed by atoms with Crippen molar-refractivity contribution in [3.63, 3.8) is 0 Å². The van der Waals surface area contributed by atoms with Crippen molar-refractivity contribution in [2.75, 3.05) is 0 Å². The van der Waals surface area contributed by atoms with Crippen LogP contribution in [0.3, 0.4) is 0 Å². The molecule has 15 heavy (non-hydrogen) atoms. The Labute approximate surface area is 90.9 Å². The van der Waals surface area contributed by atoms with Crippen molar-refractivity contribution in [2.45, 2.75) is 46.5 Å². The van der Waals surface area contributed by atoms with Crippen LogP contribution in [0.4, 0.5) is 0 Å². The minimum atomic E-state index is -0.711. The van der Waals surface area contributed by atoms with E-state index in [0.29, 0.717) is 12.8 Å². The molecule has 0 aromatic heterocycles. The van der Waals surface area contributed by atoms with Crippen LogP contribution in [0.15, 0.2) is 0 Å². The van der Waals surface area contributed by atoms with Crippen molar-refractivity contribution in [1.29, 1.82) is 0 Å². The van der Waals surface area contributed by atoms with E-state index in [1.54, 1.807) is 0 Å². The van der Waals surface area contributed by atoms with E-state index in [-0.39, 0.29) is 23.0 Å². The van der Waals surface area contributed by atoms with Crippen LogP contribution in [0.1, 0.15) is 46.5 Å². The molecule has 0 saturated heterocycles. The van der Waals surface area contributed by atoms with E-state index in [0.717, 1.165) is 12.8 Å². The lowest BCUT2D eigenvalue weighted by atomic mass is 9.73. The molecule has 0 aromatic rings. The van der Waals surface area contributed by atoms with E-state index in [2.05, 4.69) is 0 Å². The highest BCUT2D eigenvalue weighted by molar-refractivity contribution is 5.86. The quantitative estimate of drug-likeness (QED) is 0.765. The van der Waals surface area contributed by atoms with E-state index in [4.69, 9.17) is 5.11 Å². The second kappa shape index (κ2) is 4.33. The van der Waals surface area contributed by atoms with E-state index in [1.165, 1.54) is 0 Å². The largest absolute Gasteiger partial charge is 0.481 e. The summed E-state index contributed by atoms with van der Waals surface area (Å²) in [5.41, 5.74) is -0.291. The van der Waals surface area contributed by atoms with Crippen LogP contribution >= 0.6 is 0 Å². The normalized spacial score (nSPS) is 27.4. The molecule has 0 unspecified atom stereocenters. The first-order valence-electron chi connectivity index (χ1n) is 5.59. The van der Waals surface area contributed by atoms with Crippen LogP contribution in [0.5, 0.6) is 0 Å². The van der Waals surface area contributed by atoms with Gasteiger partial charge in [0.05, 0.1) is 5.92 Å². The zero-order valence-electron chi connectivity index (χ0n) is 9.75. The third-order valence-electron chi connectivity index (χ3n) is 3.19. The fourth-order valence-corrected chi connectivity index (χ4v) is 2.21. The molecular weight excluding hydrogens is 192 g/mol. The smallest absolute Gasteiger partial charge is 0.306 e. The maximum Gasteiger partial charge on any atom is 0.306 e. The molecule has 1 aliphatic carbocycles. The molecule has 0 atom stereocenters. The Bertz CT molecular complexity index is 255. The lowest BCUT2D eigenvalue weighted by Crippen LogP contribution is -2.32. The Morgan fingerprint density at radius 2 is 1.40 bits per heavy atom. The summed E-state index contributed by atoms with van der Waals surface area (Å²) in [4.78, 5) is 22.7. The molecule has 1 rings (SSSR count). The molecular formula is C12H20O3. The molecule has 0 bridgehead atoms. The number of hydrogen-bond donors (Lipinski definition) is 1. The maximum absolute atomic E-state index is 11.9. The van der Waals surface area contributed by atoms with Crippen LogP contribution in [0.2, 0.25) is 0 Å². The van der Waals surface area contributed by atoms with Gasteiger partial charge in [-0.3, -0.25) is 9.59 Å². The van der Waals surface area contributed by atoms with Crippen LogP contribution in [0, 0.1) is 17.3 Å². The Morgan fingerprint density at radius 3 is 1.73 bits per heavy atom. The van der Waals surface area contributed by atoms with E-state index in [1.807, 2.05) is 20.8 Å². The molecule has 0 radical (unpaired) electrons. The summed E-state index contributed by atoms with van der Waals surface area (Å²) < 4.78 is 0. The zero-order chi connectivity index (χ0) is 11.6. The molecule has 3 nitrogen and oxygen atoms in total. The highest BCUT2D eigenvalue weighted by Crippen LogP contribution is 2.33. The van der Waals surface area contributed by atoms with Gasteiger partial charge in [-0.15, -0.1) is 0 Å². The molecule has 0 heterocycles. The molecule has 0 amide bonds. The lowest BCUT2D eigenvalue weighted by molar-refractivity contribution is -0.144. The number of carboxylic acid groups (broad SMARTS) is 1. The van der Waals surface area contributed by atoms with Crippen LogP contribution in [-0.4, -0.2) is 16.9 Å². The minimum Gasteiger partial charge on any atom is -0.481 e. The van der Waals surface area contributed by atoms with Crippen molar-refractivity contribution >= 4 is 11.8 Å². The number of carboxylic acids is 1. The average Bonchev–Trinajstić information content (AvgIpc) is 2.15. The third kappa shape index (κ3) is 3.05. The molecule has 1 saturated carbocycles. The molecule has 1 fully saturated rings. The topological polar surface area (TPSA) is 54.4 Å². The fourth-order valence-electron chi connectivity index (χ4n) is 2.21. The highest BCUT2D eigenvalue weighted by atomic mass is 16.4. The number of rotatable bonds is 2. The van der Waals surface area contributed by atoms with Gasteiger partial charge in [-0.2, -0.15) is 0 Å². The predicted molar refractivity (Wildman–Crippen MR) is 57.5 cm³/mol. The molecule has 1 N–H and O–H groups in total. The van der Waals surface area contributed by atoms with Crippen molar-refractivity contribution in [1.82, 2.24) is 0 Å². The average molecular weight is 212 g/mol. The van der Waals surface area contributed by atoms with Gasteiger partial charge in [0.2, 0.25) is 0 Å². The summed E-state index contributed by atoms with van der Waals surface area (Å²) >= 11 is 0. The van der Waals surface area contributed by atoms with Gasteiger partial charge in [-0.1, -0.05) is 20.8 Å². The summed E-state index contributed by atoms with van der Waals surface area (Å²) in [5.74, 6) is -0.572. The fraction of sp³-hybridized carbons (Fsp3) is 0.833. The first-order chi connectivity index (χ1) is 6.82. The van der Waals surface area contributed by atoms with Crippen molar-refractivity contribution in [3.8, 4) is 0 Å². The van der Waals surface area contributed by atoms with Gasteiger partial charge in [0, 0.05) is 11.3 Å². The van der Waals surface area contributed by atoms with Gasteiger partial charge in [0.25, 0.3) is 0 Å². The van der Waals surface area contributed by atoms with Crippen molar-refractivity contribution in [2.24, 2.45) is 17.3 Å². The third-order valence-corrected chi connectivity index (χ3v) is 3.19. The number of hydrogen-bond acceptors (Lipinski definition) is 2. The zero-order valence-corrected chi connectivity index (χ0v) is 9.75. The SMILES string of the molecule is CC(C)(C)C(=O)C1CCC(C(=O)O)CC1. The summed E-state index contributed by atoms with van der Waals surface area (Å²) in [5, 5.41) is 8.84. The number of ketones is 1. The number of aliphatic carboxylic acids is 1. The Balaban J connectivity index is 2.51. The summed E-state index contributed by atoms with van der Waals surface area (Å²) in [6, 6.07) is 0. The van der Waals surface area contributed by atoms with E-state index >= 15 is 0 Å². The van der Waals surface area contributed by atoms with Gasteiger partial charge in [-0.05, 0) is 25.7 Å². The van der Waals surface area contributed by atoms with Gasteiger partial charge >= 0.3 is 5.97 Å². The molecule has 86 valence electrons. The summed E-state index contributed by atoms with van der Waals surface area (Å²) in [6.07, 6.45) is 2.80. The predicted octanol–water partition coefficient (Wildman–Crippen LogP) is 2.49. The minimum absolute atomic E-state index is 0.0839. The highest BCUT2D eigenvalue weighted by Gasteiger charge is 2.34. The van der Waals surface area contributed by atoms with Crippen LogP contribution in [-0.2, 0) is 9.59 Å². The van der Waals surface area contributed by atoms with Gasteiger partial charge in [0.15, 0.2) is 0 Å². The first-order valence-corrected chi connectivity index (χ1v) is 5.59. The van der Waals surface area contributed by atoms with Crippen LogP contribution < -0.4 is 0 Å². The van der Waals surface area contributed by atoms with Crippen molar-refractivity contribution < 1.29 is 14.7 Å². The monoisotopic (exact) mass is 212 g/mol. The van der Waals surface area contributed by atoms with E-state index in [9.17, 15) is 9.59 Å². The Kier molecular flexibility index (Phi) is 3.53. The molecule has 0 spiro atoms. The molecule has 3 heteroatoms. The number of carbonyl (C=O) groups excluding carboxylic acids is 1. The van der Waals surface area contributed by atoms with E-state index < -0.39 is 5.97 Å². The second-order valence-electron chi connectivity index (χ2n) is 5.50. The maximum atomic E-state index is 11.9. The van der Waals surface area contributed by atoms with Gasteiger partial charge in [0.1, 0.15) is 5.78 Å². The number of carbonyl (C=O) groups is 2. The Hall–Kier alpha value is -0.860. The van der Waals surface area contributed by atoms with Crippen LogP contribution in [0.25, 0.3) is 0 Å². The van der Waals surface area contributed by atoms with Gasteiger partial charge < -0.3 is 5.11 Å². The molecule has 0 aliphatic heterocycles.